The Morgan fingerprint density at radius 2 is 1.22 bits per heavy atom. The van der Waals surface area contributed by atoms with E-state index in [0.29, 0.717) is 9.46 Å². The van der Waals surface area contributed by atoms with E-state index in [2.05, 4.69) is 0 Å². The third kappa shape index (κ3) is 1.39. The summed E-state index contributed by atoms with van der Waals surface area (Å²) in [4.78, 5) is 0. The van der Waals surface area contributed by atoms with E-state index in [9.17, 15) is 10.4 Å². The molecule has 18 heavy (non-hydrogen) atoms. The molecular weight excluding hydrogens is 240 g/mol. The monoisotopic (exact) mass is 252 g/mol. The molecule has 0 spiro atoms. The summed E-state index contributed by atoms with van der Waals surface area (Å²) >= 11 is 0. The summed E-state index contributed by atoms with van der Waals surface area (Å²) in [5.41, 5.74) is 0. The molecule has 0 amide bonds. The first-order valence-electron chi connectivity index (χ1n) is 4.93. The lowest BCUT2D eigenvalue weighted by atomic mass is 10.3. The third-order valence-electron chi connectivity index (χ3n) is 2.53. The van der Waals surface area contributed by atoms with Crippen LogP contribution in [0.25, 0.3) is 0 Å². The van der Waals surface area contributed by atoms with Crippen LogP contribution in [0.4, 0.5) is 0 Å². The molecule has 0 bridgehead atoms. The lowest BCUT2D eigenvalue weighted by Gasteiger charge is -2.15. The van der Waals surface area contributed by atoms with Crippen molar-refractivity contribution in [1.29, 1.82) is 10.8 Å². The number of hydrogen-bond donors (Lipinski definition) is 4. The molecule has 0 radical (unpaired) electrons. The van der Waals surface area contributed by atoms with Crippen LogP contribution in [0.15, 0.2) is 12.1 Å². The van der Waals surface area contributed by atoms with Gasteiger partial charge in [-0.2, -0.15) is 0 Å². The molecule has 8 nitrogen and oxygen atoms in total. The highest BCUT2D eigenvalue weighted by Gasteiger charge is 2.17. The molecule has 0 aromatic carbocycles. The quantitative estimate of drug-likeness (QED) is 0.537. The van der Waals surface area contributed by atoms with Crippen LogP contribution in [0.2, 0.25) is 0 Å². The fourth-order valence-electron chi connectivity index (χ4n) is 1.74. The maximum absolute atomic E-state index is 9.98. The third-order valence-corrected chi connectivity index (χ3v) is 2.53. The number of methoxy groups -OCH3 is 2. The molecule has 1 heterocycles. The molecule has 1 aliphatic carbocycles. The van der Waals surface area contributed by atoms with Gasteiger partial charge in [-0.05, 0) is 12.1 Å². The average molecular weight is 252 g/mol. The Morgan fingerprint density at radius 1 is 0.889 bits per heavy atom. The molecule has 0 unspecified atom stereocenters. The van der Waals surface area contributed by atoms with Crippen LogP contribution >= 0.6 is 0 Å². The minimum Gasteiger partial charge on any atom is -0.476 e. The Balaban J connectivity index is 3.27. The Kier molecular flexibility index (Phi) is 2.62. The van der Waals surface area contributed by atoms with E-state index in [4.69, 9.17) is 20.3 Å². The van der Waals surface area contributed by atoms with E-state index in [1.165, 1.54) is 26.4 Å². The molecule has 0 fully saturated rings. The van der Waals surface area contributed by atoms with Crippen molar-refractivity contribution >= 4 is 0 Å². The molecule has 96 valence electrons. The first-order valence-corrected chi connectivity index (χ1v) is 4.93. The van der Waals surface area contributed by atoms with Crippen molar-refractivity contribution in [1.82, 2.24) is 9.46 Å². The summed E-state index contributed by atoms with van der Waals surface area (Å²) < 4.78 is 11.0. The highest BCUT2D eigenvalue weighted by atomic mass is 16.6. The van der Waals surface area contributed by atoms with Gasteiger partial charge in [-0.15, -0.1) is 9.46 Å². The van der Waals surface area contributed by atoms with E-state index in [1.54, 1.807) is 0 Å². The second-order valence-corrected chi connectivity index (χ2v) is 3.50. The number of nitrogens with one attached hydrogen (secondary N) is 2. The van der Waals surface area contributed by atoms with Crippen molar-refractivity contribution in [2.45, 2.75) is 0 Å². The minimum atomic E-state index is -0.174. The van der Waals surface area contributed by atoms with Crippen LogP contribution in [-0.4, -0.2) is 34.1 Å². The van der Waals surface area contributed by atoms with Crippen LogP contribution in [0.1, 0.15) is 0 Å². The fourth-order valence-corrected chi connectivity index (χ4v) is 1.74. The predicted molar refractivity (Wildman–Crippen MR) is 56.9 cm³/mol. The molecule has 0 aromatic heterocycles. The van der Waals surface area contributed by atoms with E-state index in [-0.39, 0.29) is 33.2 Å². The molecule has 0 saturated carbocycles. The summed E-state index contributed by atoms with van der Waals surface area (Å²) in [7, 11) is 2.56. The van der Waals surface area contributed by atoms with E-state index >= 15 is 0 Å². The first-order chi connectivity index (χ1) is 8.52. The largest absolute Gasteiger partial charge is 0.476 e. The highest BCUT2D eigenvalue weighted by molar-refractivity contribution is 5.27. The number of aromatic nitrogens is 2. The standard InChI is InChI=1S/C10H12N4O4/c1-17-9-10(18-2)14(16)8-6(12)4-3-5(11)7(8)13(9)15/h3-4,11-12,15-16H,1-2H3. The molecule has 4 N–H and O–H groups in total. The molecule has 0 saturated heterocycles. The number of hydrogen-bond acceptors (Lipinski definition) is 6. The van der Waals surface area contributed by atoms with Gasteiger partial charge in [0.2, 0.25) is 0 Å². The maximum Gasteiger partial charge on any atom is 0.293 e. The van der Waals surface area contributed by atoms with Crippen molar-refractivity contribution < 1.29 is 19.9 Å². The summed E-state index contributed by atoms with van der Waals surface area (Å²) in [6, 6.07) is 2.67. The molecule has 0 atom stereocenters. The van der Waals surface area contributed by atoms with Gasteiger partial charge in [0, 0.05) is 0 Å². The van der Waals surface area contributed by atoms with Crippen molar-refractivity contribution in [2.24, 2.45) is 0 Å². The van der Waals surface area contributed by atoms with Crippen molar-refractivity contribution in [2.75, 3.05) is 14.2 Å². The summed E-state index contributed by atoms with van der Waals surface area (Å²) in [5, 5.41) is 35.1. The van der Waals surface area contributed by atoms with Crippen LogP contribution in [0, 0.1) is 21.5 Å². The normalized spacial score (nSPS) is 10.6. The lowest BCUT2D eigenvalue weighted by Crippen LogP contribution is -2.24. The molecule has 2 rings (SSSR count). The predicted octanol–water partition coefficient (Wildman–Crippen LogP) is -0.535. The van der Waals surface area contributed by atoms with Gasteiger partial charge < -0.3 is 19.9 Å². The molecule has 8 heteroatoms. The van der Waals surface area contributed by atoms with Gasteiger partial charge in [-0.3, -0.25) is 10.8 Å². The van der Waals surface area contributed by atoms with Gasteiger partial charge in [-0.25, -0.2) is 0 Å². The summed E-state index contributed by atoms with van der Waals surface area (Å²) in [6.07, 6.45) is 0. The summed E-state index contributed by atoms with van der Waals surface area (Å²) in [6.45, 7) is 0. The second kappa shape index (κ2) is 3.99. The highest BCUT2D eigenvalue weighted by Crippen LogP contribution is 2.24. The van der Waals surface area contributed by atoms with Crippen LogP contribution in [0.5, 0.6) is 11.8 Å². The van der Waals surface area contributed by atoms with Crippen LogP contribution in [-0.2, 0) is 0 Å². The molecule has 0 aromatic rings. The Hall–Kier alpha value is -2.64. The second-order valence-electron chi connectivity index (χ2n) is 3.50. The van der Waals surface area contributed by atoms with E-state index < -0.39 is 0 Å². The molecule has 1 aliphatic heterocycles. The maximum atomic E-state index is 9.98. The lowest BCUT2D eigenvalue weighted by molar-refractivity contribution is 0.0939. The molecule has 2 aliphatic rings. The topological polar surface area (TPSA) is 116 Å². The molecular formula is C10H12N4O4. The van der Waals surface area contributed by atoms with Gasteiger partial charge in [0.1, 0.15) is 10.7 Å². The Morgan fingerprint density at radius 3 is 1.50 bits per heavy atom. The van der Waals surface area contributed by atoms with Gasteiger partial charge in [0.25, 0.3) is 11.8 Å². The van der Waals surface area contributed by atoms with Crippen molar-refractivity contribution in [3.8, 4) is 11.8 Å². The zero-order chi connectivity index (χ0) is 13.4. The van der Waals surface area contributed by atoms with Crippen LogP contribution in [0.3, 0.4) is 0 Å². The SMILES string of the molecule is COc1c(OC)n(O)c2c(=N)ccc(=N)c=2n1O. The first kappa shape index (κ1) is 11.8. The number of nitrogens with zero attached hydrogens (tertiary/aromatic N) is 2. The van der Waals surface area contributed by atoms with Crippen LogP contribution < -0.4 is 20.2 Å². The average Bonchev–Trinajstić information content (AvgIpc) is 2.35. The van der Waals surface area contributed by atoms with Gasteiger partial charge in [0.05, 0.1) is 24.9 Å². The van der Waals surface area contributed by atoms with E-state index in [1.807, 2.05) is 0 Å². The van der Waals surface area contributed by atoms with Crippen molar-refractivity contribution in [3.63, 3.8) is 0 Å². The van der Waals surface area contributed by atoms with Crippen molar-refractivity contribution in [3.05, 3.63) is 33.5 Å². The van der Waals surface area contributed by atoms with Gasteiger partial charge in [-0.1, -0.05) is 0 Å². The smallest absolute Gasteiger partial charge is 0.293 e. The van der Waals surface area contributed by atoms with Gasteiger partial charge in [0.15, 0.2) is 0 Å². The fraction of sp³-hybridized carbons (Fsp3) is 0.200. The zero-order valence-corrected chi connectivity index (χ0v) is 9.76. The Bertz CT molecular complexity index is 711. The Labute approximate surface area is 100 Å². The number of rotatable bonds is 2. The minimum absolute atomic E-state index is 0.0531. The zero-order valence-electron chi connectivity index (χ0n) is 9.76. The number of ether oxygens (including phenoxy) is 2. The van der Waals surface area contributed by atoms with Gasteiger partial charge >= 0.3 is 0 Å². The van der Waals surface area contributed by atoms with E-state index in [0.717, 1.165) is 0 Å². The summed E-state index contributed by atoms with van der Waals surface area (Å²) in [5.74, 6) is -0.349.